The van der Waals surface area contributed by atoms with Crippen molar-refractivity contribution in [3.8, 4) is 5.88 Å². The van der Waals surface area contributed by atoms with Crippen LogP contribution in [0, 0.1) is 11.8 Å². The quantitative estimate of drug-likeness (QED) is 0.831. The lowest BCUT2D eigenvalue weighted by atomic mass is 9.93. The Hall–Kier alpha value is -1.03. The van der Waals surface area contributed by atoms with E-state index in [1.807, 2.05) is 7.05 Å². The number of rotatable bonds is 6. The highest BCUT2D eigenvalue weighted by atomic mass is 16.5. The van der Waals surface area contributed by atoms with Crippen LogP contribution >= 0.6 is 0 Å². The van der Waals surface area contributed by atoms with Crippen molar-refractivity contribution in [2.75, 3.05) is 7.11 Å². The Balaban J connectivity index is 2.59. The Morgan fingerprint density at radius 1 is 1.35 bits per heavy atom. The lowest BCUT2D eigenvalue weighted by Crippen LogP contribution is -2.08. The van der Waals surface area contributed by atoms with E-state index in [0.29, 0.717) is 23.4 Å². The highest BCUT2D eigenvalue weighted by Gasteiger charge is 2.17. The number of nitrogens with zero attached hydrogens (tertiary/aromatic N) is 2. The van der Waals surface area contributed by atoms with Gasteiger partial charge in [0.2, 0.25) is 5.88 Å². The maximum atomic E-state index is 10.1. The molecule has 0 aliphatic carbocycles. The van der Waals surface area contributed by atoms with Gasteiger partial charge in [-0.1, -0.05) is 20.8 Å². The van der Waals surface area contributed by atoms with Gasteiger partial charge in [-0.25, -0.2) is 4.68 Å². The topological polar surface area (TPSA) is 47.3 Å². The summed E-state index contributed by atoms with van der Waals surface area (Å²) in [5, 5.41) is 14.4. The summed E-state index contributed by atoms with van der Waals surface area (Å²) in [6.07, 6.45) is 1.37. The highest BCUT2D eigenvalue weighted by molar-refractivity contribution is 5.17. The second-order valence-electron chi connectivity index (χ2n) is 5.22. The third-order valence-electron chi connectivity index (χ3n) is 2.91. The van der Waals surface area contributed by atoms with Crippen LogP contribution in [0.5, 0.6) is 5.88 Å². The molecule has 4 heteroatoms. The van der Waals surface area contributed by atoms with Crippen LogP contribution in [0.3, 0.4) is 0 Å². The molecular weight excluding hydrogens is 216 g/mol. The average Bonchev–Trinajstić information content (AvgIpc) is 2.58. The summed E-state index contributed by atoms with van der Waals surface area (Å²) in [5.74, 6) is 1.84. The second kappa shape index (κ2) is 6.05. The summed E-state index contributed by atoms with van der Waals surface area (Å²) >= 11 is 0. The SMILES string of the molecule is COc1cc(C(O)CC(C)CC(C)C)nn1C. The fraction of sp³-hybridized carbons (Fsp3) is 0.769. The molecule has 2 unspecified atom stereocenters. The molecule has 0 fully saturated rings. The number of hydrogen-bond donors (Lipinski definition) is 1. The van der Waals surface area contributed by atoms with Crippen LogP contribution in [-0.4, -0.2) is 22.0 Å². The summed E-state index contributed by atoms with van der Waals surface area (Å²) in [6.45, 7) is 6.57. The number of aliphatic hydroxyl groups is 1. The zero-order chi connectivity index (χ0) is 13.0. The van der Waals surface area contributed by atoms with E-state index in [0.717, 1.165) is 12.8 Å². The van der Waals surface area contributed by atoms with Gasteiger partial charge in [-0.15, -0.1) is 0 Å². The van der Waals surface area contributed by atoms with Crippen molar-refractivity contribution in [1.29, 1.82) is 0 Å². The lowest BCUT2D eigenvalue weighted by molar-refractivity contribution is 0.137. The number of ether oxygens (including phenoxy) is 1. The monoisotopic (exact) mass is 240 g/mol. The van der Waals surface area contributed by atoms with E-state index >= 15 is 0 Å². The van der Waals surface area contributed by atoms with Crippen molar-refractivity contribution in [2.45, 2.75) is 39.7 Å². The fourth-order valence-corrected chi connectivity index (χ4v) is 2.23. The maximum absolute atomic E-state index is 10.1. The molecule has 0 spiro atoms. The van der Waals surface area contributed by atoms with Gasteiger partial charge in [0.15, 0.2) is 0 Å². The van der Waals surface area contributed by atoms with E-state index in [2.05, 4.69) is 25.9 Å². The number of aliphatic hydroxyl groups excluding tert-OH is 1. The Morgan fingerprint density at radius 3 is 2.47 bits per heavy atom. The molecule has 2 atom stereocenters. The molecule has 0 aliphatic heterocycles. The summed E-state index contributed by atoms with van der Waals surface area (Å²) in [6, 6.07) is 1.80. The Labute approximate surface area is 104 Å². The second-order valence-corrected chi connectivity index (χ2v) is 5.22. The summed E-state index contributed by atoms with van der Waals surface area (Å²) < 4.78 is 6.78. The zero-order valence-corrected chi connectivity index (χ0v) is 11.5. The molecule has 0 bridgehead atoms. The molecule has 1 rings (SSSR count). The van der Waals surface area contributed by atoms with Gasteiger partial charge in [-0.05, 0) is 24.7 Å². The summed E-state index contributed by atoms with van der Waals surface area (Å²) in [7, 11) is 3.42. The highest BCUT2D eigenvalue weighted by Crippen LogP contribution is 2.26. The normalized spacial score (nSPS) is 15.0. The smallest absolute Gasteiger partial charge is 0.211 e. The van der Waals surface area contributed by atoms with Gasteiger partial charge in [0.1, 0.15) is 0 Å². The molecule has 0 amide bonds. The molecule has 1 N–H and O–H groups in total. The molecule has 1 aromatic heterocycles. The molecule has 17 heavy (non-hydrogen) atoms. The largest absolute Gasteiger partial charge is 0.481 e. The third kappa shape index (κ3) is 4.04. The van der Waals surface area contributed by atoms with Crippen molar-refractivity contribution in [1.82, 2.24) is 9.78 Å². The van der Waals surface area contributed by atoms with Crippen molar-refractivity contribution in [3.05, 3.63) is 11.8 Å². The van der Waals surface area contributed by atoms with Crippen molar-refractivity contribution < 1.29 is 9.84 Å². The molecule has 1 heterocycles. The predicted molar refractivity (Wildman–Crippen MR) is 68.0 cm³/mol. The van der Waals surface area contributed by atoms with Crippen LogP contribution in [0.25, 0.3) is 0 Å². The van der Waals surface area contributed by atoms with Gasteiger partial charge in [0, 0.05) is 13.1 Å². The van der Waals surface area contributed by atoms with Gasteiger partial charge in [-0.3, -0.25) is 0 Å². The number of methoxy groups -OCH3 is 1. The molecule has 0 aromatic carbocycles. The molecule has 0 aliphatic rings. The molecular formula is C13H24N2O2. The average molecular weight is 240 g/mol. The first kappa shape index (κ1) is 14.0. The van der Waals surface area contributed by atoms with E-state index in [-0.39, 0.29) is 0 Å². The molecule has 0 saturated heterocycles. The first-order chi connectivity index (χ1) is 7.93. The van der Waals surface area contributed by atoms with Gasteiger partial charge in [-0.2, -0.15) is 5.10 Å². The van der Waals surface area contributed by atoms with Crippen molar-refractivity contribution in [3.63, 3.8) is 0 Å². The predicted octanol–water partition coefficient (Wildman–Crippen LogP) is 2.53. The van der Waals surface area contributed by atoms with E-state index < -0.39 is 6.10 Å². The molecule has 1 aromatic rings. The Bertz CT molecular complexity index is 347. The number of aromatic nitrogens is 2. The van der Waals surface area contributed by atoms with E-state index in [4.69, 9.17) is 4.74 Å². The Kier molecular flexibility index (Phi) is 5.00. The maximum Gasteiger partial charge on any atom is 0.211 e. The first-order valence-corrected chi connectivity index (χ1v) is 6.20. The minimum atomic E-state index is -0.501. The van der Waals surface area contributed by atoms with Crippen LogP contribution in [-0.2, 0) is 7.05 Å². The minimum Gasteiger partial charge on any atom is -0.481 e. The Morgan fingerprint density at radius 2 is 2.00 bits per heavy atom. The van der Waals surface area contributed by atoms with E-state index in [1.54, 1.807) is 17.9 Å². The van der Waals surface area contributed by atoms with E-state index in [1.165, 1.54) is 0 Å². The standard InChI is InChI=1S/C13H24N2O2/c1-9(2)6-10(3)7-12(16)11-8-13(17-5)15(4)14-11/h8-10,12,16H,6-7H2,1-5H3. The van der Waals surface area contributed by atoms with Crippen LogP contribution in [0.1, 0.15) is 45.4 Å². The summed E-state index contributed by atoms with van der Waals surface area (Å²) in [5.41, 5.74) is 0.694. The van der Waals surface area contributed by atoms with Gasteiger partial charge < -0.3 is 9.84 Å². The number of aryl methyl sites for hydroxylation is 1. The van der Waals surface area contributed by atoms with Crippen LogP contribution in [0.2, 0.25) is 0 Å². The van der Waals surface area contributed by atoms with Gasteiger partial charge in [0.25, 0.3) is 0 Å². The zero-order valence-electron chi connectivity index (χ0n) is 11.5. The molecule has 0 radical (unpaired) electrons. The molecule has 98 valence electrons. The molecule has 0 saturated carbocycles. The summed E-state index contributed by atoms with van der Waals surface area (Å²) in [4.78, 5) is 0. The fourth-order valence-electron chi connectivity index (χ4n) is 2.23. The van der Waals surface area contributed by atoms with Crippen molar-refractivity contribution >= 4 is 0 Å². The first-order valence-electron chi connectivity index (χ1n) is 6.20. The van der Waals surface area contributed by atoms with E-state index in [9.17, 15) is 5.11 Å². The van der Waals surface area contributed by atoms with Gasteiger partial charge in [0.05, 0.1) is 18.9 Å². The van der Waals surface area contributed by atoms with Crippen molar-refractivity contribution in [2.24, 2.45) is 18.9 Å². The van der Waals surface area contributed by atoms with Crippen LogP contribution < -0.4 is 4.74 Å². The van der Waals surface area contributed by atoms with Crippen LogP contribution in [0.4, 0.5) is 0 Å². The molecule has 4 nitrogen and oxygen atoms in total. The lowest BCUT2D eigenvalue weighted by Gasteiger charge is -2.16. The third-order valence-corrected chi connectivity index (χ3v) is 2.91. The number of hydrogen-bond acceptors (Lipinski definition) is 3. The van der Waals surface area contributed by atoms with Crippen LogP contribution in [0.15, 0.2) is 6.07 Å². The minimum absolute atomic E-state index is 0.498. The van der Waals surface area contributed by atoms with Gasteiger partial charge >= 0.3 is 0 Å².